The monoisotopic (exact) mass is 1350 g/mol. The largest absolute Gasteiger partial charge is 0.394 e. The summed E-state index contributed by atoms with van der Waals surface area (Å²) in [5, 5.41) is 121. The molecule has 0 aliphatic carbocycles. The summed E-state index contributed by atoms with van der Waals surface area (Å²) in [5.74, 6) is -0.267. The normalized spacial score (nSPS) is 27.4. The van der Waals surface area contributed by atoms with E-state index >= 15 is 0 Å². The first-order chi connectivity index (χ1) is 45.8. The molecule has 19 nitrogen and oxygen atoms in total. The zero-order chi connectivity index (χ0) is 68.2. The Kier molecular flexibility index (Phi) is 52.8. The van der Waals surface area contributed by atoms with Crippen LogP contribution in [0.5, 0.6) is 0 Å². The van der Waals surface area contributed by atoms with Crippen LogP contribution < -0.4 is 5.32 Å². The molecule has 1 amide bonds. The van der Waals surface area contributed by atoms with E-state index in [0.29, 0.717) is 6.42 Å². The first-order valence-electron chi connectivity index (χ1n) is 38.9. The fourth-order valence-corrected chi connectivity index (χ4v) is 13.5. The highest BCUT2D eigenvalue weighted by molar-refractivity contribution is 5.76. The summed E-state index contributed by atoms with van der Waals surface area (Å²) in [7, 11) is 0. The Hall–Kier alpha value is -1.47. The third kappa shape index (κ3) is 37.8. The van der Waals surface area contributed by atoms with E-state index < -0.39 is 124 Å². The Morgan fingerprint density at radius 1 is 0.372 bits per heavy atom. The quantitative estimate of drug-likeness (QED) is 0.0199. The highest BCUT2D eigenvalue weighted by Crippen LogP contribution is 2.33. The molecule has 3 rings (SSSR count). The van der Waals surface area contributed by atoms with E-state index in [0.717, 1.165) is 44.9 Å². The maximum absolute atomic E-state index is 13.4. The van der Waals surface area contributed by atoms with Crippen molar-refractivity contribution < 1.29 is 89.4 Å². The van der Waals surface area contributed by atoms with Crippen molar-refractivity contribution in [1.29, 1.82) is 0 Å². The van der Waals surface area contributed by atoms with E-state index in [1.807, 2.05) is 6.08 Å². The van der Waals surface area contributed by atoms with Gasteiger partial charge in [0.05, 0.1) is 38.6 Å². The molecule has 19 heteroatoms. The third-order valence-corrected chi connectivity index (χ3v) is 19.8. The molecule has 17 unspecified atom stereocenters. The lowest BCUT2D eigenvalue weighted by molar-refractivity contribution is -0.379. The minimum atomic E-state index is -1.98. The predicted molar refractivity (Wildman–Crippen MR) is 370 cm³/mol. The number of aliphatic hydroxyl groups excluding tert-OH is 11. The minimum absolute atomic E-state index is 0.250. The van der Waals surface area contributed by atoms with E-state index in [4.69, 9.17) is 28.4 Å². The summed E-state index contributed by atoms with van der Waals surface area (Å²) in [6.07, 6.45) is 39.2. The standard InChI is InChI=1S/C75H143NO18/c1-3-5-7-9-11-13-15-17-19-21-23-24-25-26-27-28-29-30-31-32-33-34-35-37-39-41-43-45-47-49-51-53-63(81)76-58(59(80)52-50-48-46-44-42-40-38-36-22-20-18-16-14-12-10-8-6-4-2)57-89-73-69(87)66(84)71(61(55-78)91-73)94-75-70(88)67(85)72(62(56-79)92-75)93-74-68(86)65(83)64(82)60(54-77)90-74/h50,52,58-62,64-75,77-80,82-88H,3-49,51,53-57H2,1-2H3,(H,76,81)/b52-50+. The Bertz CT molecular complexity index is 1750. The molecule has 0 aromatic heterocycles. The lowest BCUT2D eigenvalue weighted by Crippen LogP contribution is -2.66. The fraction of sp³-hybridized carbons (Fsp3) is 0.960. The number of carbonyl (C=O) groups is 1. The first kappa shape index (κ1) is 86.8. The molecule has 3 fully saturated rings. The average Bonchev–Trinajstić information content (AvgIpc) is 0.787. The number of rotatable bonds is 62. The third-order valence-electron chi connectivity index (χ3n) is 19.8. The molecule has 17 atom stereocenters. The molecule has 0 aromatic rings. The predicted octanol–water partition coefficient (Wildman–Crippen LogP) is 12.0. The summed E-state index contributed by atoms with van der Waals surface area (Å²) in [5.41, 5.74) is 0. The number of ether oxygens (including phenoxy) is 6. The zero-order valence-electron chi connectivity index (χ0n) is 59.2. The highest BCUT2D eigenvalue weighted by atomic mass is 16.8. The van der Waals surface area contributed by atoms with Crippen LogP contribution in [-0.2, 0) is 33.2 Å². The van der Waals surface area contributed by atoms with E-state index in [2.05, 4.69) is 19.2 Å². The molecule has 3 saturated heterocycles. The van der Waals surface area contributed by atoms with Crippen LogP contribution in [0.2, 0.25) is 0 Å². The van der Waals surface area contributed by atoms with Crippen molar-refractivity contribution in [2.24, 2.45) is 0 Å². The lowest BCUT2D eigenvalue weighted by Gasteiger charge is -2.48. The minimum Gasteiger partial charge on any atom is -0.394 e. The van der Waals surface area contributed by atoms with Crippen molar-refractivity contribution in [3.05, 3.63) is 12.2 Å². The molecule has 0 radical (unpaired) electrons. The van der Waals surface area contributed by atoms with Gasteiger partial charge in [0, 0.05) is 6.42 Å². The van der Waals surface area contributed by atoms with Gasteiger partial charge in [-0.05, 0) is 19.3 Å². The van der Waals surface area contributed by atoms with Crippen LogP contribution in [0.3, 0.4) is 0 Å². The second-order valence-corrected chi connectivity index (χ2v) is 28.2. The first-order valence-corrected chi connectivity index (χ1v) is 38.9. The van der Waals surface area contributed by atoms with Gasteiger partial charge < -0.3 is 89.9 Å². The molecule has 3 heterocycles. The zero-order valence-corrected chi connectivity index (χ0v) is 59.2. The van der Waals surface area contributed by atoms with Crippen LogP contribution in [0.4, 0.5) is 0 Å². The average molecular weight is 1350 g/mol. The number of aliphatic hydroxyl groups is 11. The molecule has 556 valence electrons. The number of hydrogen-bond acceptors (Lipinski definition) is 18. The Balaban J connectivity index is 1.36. The summed E-state index contributed by atoms with van der Waals surface area (Å²) >= 11 is 0. The maximum Gasteiger partial charge on any atom is 0.220 e. The topological polar surface area (TPSA) is 307 Å². The van der Waals surface area contributed by atoms with Crippen LogP contribution in [-0.4, -0.2) is 193 Å². The summed E-state index contributed by atoms with van der Waals surface area (Å²) in [4.78, 5) is 13.4. The number of unbranched alkanes of at least 4 members (excludes halogenated alkanes) is 46. The van der Waals surface area contributed by atoms with Gasteiger partial charge in [0.15, 0.2) is 18.9 Å². The molecular formula is C75H143NO18. The summed E-state index contributed by atoms with van der Waals surface area (Å²) in [6.45, 7) is 1.79. The van der Waals surface area contributed by atoms with E-state index in [-0.39, 0.29) is 18.9 Å². The van der Waals surface area contributed by atoms with Gasteiger partial charge in [-0.3, -0.25) is 4.79 Å². The molecule has 0 aromatic carbocycles. The van der Waals surface area contributed by atoms with Gasteiger partial charge in [0.25, 0.3) is 0 Å². The molecule has 0 bridgehead atoms. The van der Waals surface area contributed by atoms with Crippen molar-refractivity contribution in [2.75, 3.05) is 26.4 Å². The maximum atomic E-state index is 13.4. The number of allylic oxidation sites excluding steroid dienone is 1. The van der Waals surface area contributed by atoms with Crippen molar-refractivity contribution in [2.45, 2.75) is 433 Å². The van der Waals surface area contributed by atoms with Gasteiger partial charge in [0.1, 0.15) is 73.2 Å². The van der Waals surface area contributed by atoms with Gasteiger partial charge in [-0.1, -0.05) is 315 Å². The van der Waals surface area contributed by atoms with E-state index in [1.165, 1.54) is 257 Å². The Morgan fingerprint density at radius 3 is 1.00 bits per heavy atom. The van der Waals surface area contributed by atoms with Crippen LogP contribution in [0.15, 0.2) is 12.2 Å². The van der Waals surface area contributed by atoms with Crippen LogP contribution in [0, 0.1) is 0 Å². The molecule has 94 heavy (non-hydrogen) atoms. The molecule has 0 spiro atoms. The fourth-order valence-electron chi connectivity index (χ4n) is 13.5. The van der Waals surface area contributed by atoms with Crippen molar-refractivity contribution in [1.82, 2.24) is 5.32 Å². The Labute approximate surface area is 569 Å². The van der Waals surface area contributed by atoms with Gasteiger partial charge in [0.2, 0.25) is 5.91 Å². The smallest absolute Gasteiger partial charge is 0.220 e. The second-order valence-electron chi connectivity index (χ2n) is 28.2. The van der Waals surface area contributed by atoms with Gasteiger partial charge in [-0.15, -0.1) is 0 Å². The highest BCUT2D eigenvalue weighted by Gasteiger charge is 2.53. The van der Waals surface area contributed by atoms with E-state index in [1.54, 1.807) is 6.08 Å². The van der Waals surface area contributed by atoms with Gasteiger partial charge >= 0.3 is 0 Å². The van der Waals surface area contributed by atoms with Gasteiger partial charge in [-0.2, -0.15) is 0 Å². The van der Waals surface area contributed by atoms with E-state index in [9.17, 15) is 61.0 Å². The molecule has 0 saturated carbocycles. The molecule has 3 aliphatic heterocycles. The second kappa shape index (κ2) is 57.2. The van der Waals surface area contributed by atoms with Crippen molar-refractivity contribution in [3.8, 4) is 0 Å². The van der Waals surface area contributed by atoms with Crippen molar-refractivity contribution >= 4 is 5.91 Å². The SMILES string of the molecule is CCCCCCCCCCCCCCCCCC/C=C/C(O)C(COC1OC(CO)C(OC2OC(CO)C(OC3OC(CO)C(O)C(O)C3O)C(O)C2O)C(O)C1O)NC(=O)CCCCCCCCCCCCCCCCCCCCCCCCCCCCCCCCC. The lowest BCUT2D eigenvalue weighted by atomic mass is 9.96. The molecular weight excluding hydrogens is 1200 g/mol. The van der Waals surface area contributed by atoms with Gasteiger partial charge in [-0.25, -0.2) is 0 Å². The Morgan fingerprint density at radius 2 is 0.660 bits per heavy atom. The van der Waals surface area contributed by atoms with Crippen LogP contribution in [0.25, 0.3) is 0 Å². The number of hydrogen-bond donors (Lipinski definition) is 12. The molecule has 12 N–H and O–H groups in total. The number of carbonyl (C=O) groups excluding carboxylic acids is 1. The van der Waals surface area contributed by atoms with Crippen molar-refractivity contribution in [3.63, 3.8) is 0 Å². The van der Waals surface area contributed by atoms with Crippen LogP contribution in [0.1, 0.15) is 328 Å². The number of nitrogens with one attached hydrogen (secondary N) is 1. The summed E-state index contributed by atoms with van der Waals surface area (Å²) < 4.78 is 34.4. The molecule has 3 aliphatic rings. The number of amides is 1. The van der Waals surface area contributed by atoms with Crippen LogP contribution >= 0.6 is 0 Å². The summed E-state index contributed by atoms with van der Waals surface area (Å²) in [6, 6.07) is -0.969.